The summed E-state index contributed by atoms with van der Waals surface area (Å²) in [5, 5.41) is 18.3. The molecule has 38 heavy (non-hydrogen) atoms. The van der Waals surface area contributed by atoms with Gasteiger partial charge in [0, 0.05) is 17.9 Å². The van der Waals surface area contributed by atoms with Crippen molar-refractivity contribution >= 4 is 51.5 Å². The lowest BCUT2D eigenvalue weighted by Crippen LogP contribution is -2.06. The molecule has 4 aromatic rings. The molecule has 196 valence electrons. The minimum Gasteiger partial charge on any atom is -0.495 e. The SMILES string of the molecule is COc1cc(N=Nc2cc(C)cc3cc(C)cc(OOOSc4ccc(C)cc4)c23)c(NC(C)=O)cc1N. The summed E-state index contributed by atoms with van der Waals surface area (Å²) in [4.78, 5) is 18.2. The van der Waals surface area contributed by atoms with Crippen LogP contribution in [0.3, 0.4) is 0 Å². The van der Waals surface area contributed by atoms with Crippen molar-refractivity contribution in [3.63, 3.8) is 0 Å². The van der Waals surface area contributed by atoms with Crippen molar-refractivity contribution in [2.75, 3.05) is 18.2 Å². The summed E-state index contributed by atoms with van der Waals surface area (Å²) in [6.45, 7) is 7.34. The Morgan fingerprint density at radius 2 is 1.55 bits per heavy atom. The predicted octanol–water partition coefficient (Wildman–Crippen LogP) is 7.68. The van der Waals surface area contributed by atoms with Gasteiger partial charge in [0.1, 0.15) is 11.4 Å². The summed E-state index contributed by atoms with van der Waals surface area (Å²) in [7, 11) is 1.50. The molecule has 0 atom stereocenters. The van der Waals surface area contributed by atoms with E-state index in [1.807, 2.05) is 69.3 Å². The Bertz CT molecular complexity index is 1500. The number of ether oxygens (including phenoxy) is 1. The maximum absolute atomic E-state index is 11.7. The first-order valence-corrected chi connectivity index (χ1v) is 12.4. The highest BCUT2D eigenvalue weighted by Crippen LogP contribution is 2.40. The van der Waals surface area contributed by atoms with Gasteiger partial charge in [0.05, 0.1) is 41.6 Å². The van der Waals surface area contributed by atoms with Gasteiger partial charge < -0.3 is 20.7 Å². The van der Waals surface area contributed by atoms with Crippen molar-refractivity contribution in [3.05, 3.63) is 77.4 Å². The number of azo groups is 1. The minimum absolute atomic E-state index is 0.265. The Balaban J connectivity index is 1.66. The van der Waals surface area contributed by atoms with E-state index in [4.69, 9.17) is 24.7 Å². The van der Waals surface area contributed by atoms with Gasteiger partial charge in [-0.2, -0.15) is 0 Å². The fourth-order valence-electron chi connectivity index (χ4n) is 3.83. The number of methoxy groups -OCH3 is 1. The van der Waals surface area contributed by atoms with Crippen molar-refractivity contribution in [2.24, 2.45) is 10.2 Å². The van der Waals surface area contributed by atoms with Gasteiger partial charge in [-0.3, -0.25) is 4.79 Å². The number of nitrogen functional groups attached to an aromatic ring is 1. The summed E-state index contributed by atoms with van der Waals surface area (Å²) in [5.74, 6) is 0.563. The highest BCUT2D eigenvalue weighted by molar-refractivity contribution is 7.94. The van der Waals surface area contributed by atoms with E-state index in [0.717, 1.165) is 39.0 Å². The number of nitrogens with two attached hydrogens (primary N) is 1. The smallest absolute Gasteiger partial charge is 0.221 e. The number of rotatable bonds is 9. The van der Waals surface area contributed by atoms with E-state index in [-0.39, 0.29) is 5.91 Å². The minimum atomic E-state index is -0.265. The van der Waals surface area contributed by atoms with E-state index < -0.39 is 0 Å². The van der Waals surface area contributed by atoms with Crippen molar-refractivity contribution < 1.29 is 23.8 Å². The summed E-state index contributed by atoms with van der Waals surface area (Å²) in [6, 6.07) is 18.7. The summed E-state index contributed by atoms with van der Waals surface area (Å²) in [6.07, 6.45) is 0. The second-order valence-corrected chi connectivity index (χ2v) is 9.53. The molecule has 0 heterocycles. The van der Waals surface area contributed by atoms with Gasteiger partial charge in [0.2, 0.25) is 5.91 Å². The Hall–Kier alpha value is -4.12. The molecule has 0 radical (unpaired) electrons. The Morgan fingerprint density at radius 1 is 0.868 bits per heavy atom. The average Bonchev–Trinajstić information content (AvgIpc) is 2.86. The molecule has 3 N–H and O–H groups in total. The number of hydrogen-bond acceptors (Lipinski definition) is 9. The van der Waals surface area contributed by atoms with Crippen LogP contribution in [0.5, 0.6) is 11.5 Å². The topological polar surface area (TPSA) is 117 Å². The number of benzene rings is 4. The fraction of sp³-hybridized carbons (Fsp3) is 0.179. The number of carbonyl (C=O) groups is 1. The maximum Gasteiger partial charge on any atom is 0.221 e. The van der Waals surface area contributed by atoms with Gasteiger partial charge >= 0.3 is 0 Å². The zero-order chi connectivity index (χ0) is 27.2. The average molecular weight is 533 g/mol. The number of hydrogen-bond donors (Lipinski definition) is 2. The third-order valence-electron chi connectivity index (χ3n) is 5.51. The molecule has 0 aromatic heterocycles. The van der Waals surface area contributed by atoms with Gasteiger partial charge in [-0.15, -0.1) is 14.6 Å². The van der Waals surface area contributed by atoms with Gasteiger partial charge in [-0.25, -0.2) is 0 Å². The molecule has 0 unspecified atom stereocenters. The largest absolute Gasteiger partial charge is 0.495 e. The van der Waals surface area contributed by atoms with Gasteiger partial charge in [-0.1, -0.05) is 29.8 Å². The summed E-state index contributed by atoms with van der Waals surface area (Å²) >= 11 is 1.04. The molecule has 9 nitrogen and oxygen atoms in total. The lowest BCUT2D eigenvalue weighted by Gasteiger charge is -2.12. The number of anilines is 2. The molecule has 4 aromatic carbocycles. The van der Waals surface area contributed by atoms with Gasteiger partial charge in [-0.05, 0) is 72.7 Å². The van der Waals surface area contributed by atoms with Crippen LogP contribution in [0.15, 0.2) is 75.8 Å². The van der Waals surface area contributed by atoms with Crippen molar-refractivity contribution in [1.82, 2.24) is 0 Å². The van der Waals surface area contributed by atoms with E-state index in [1.165, 1.54) is 14.0 Å². The first-order chi connectivity index (χ1) is 18.2. The van der Waals surface area contributed by atoms with E-state index in [1.54, 1.807) is 12.1 Å². The first-order valence-electron chi connectivity index (χ1n) is 11.7. The first kappa shape index (κ1) is 26.9. The molecule has 0 fully saturated rings. The van der Waals surface area contributed by atoms with E-state index in [0.29, 0.717) is 39.6 Å². The quantitative estimate of drug-likeness (QED) is 0.0567. The molecule has 0 aliphatic rings. The second-order valence-electron chi connectivity index (χ2n) is 8.75. The zero-order valence-electron chi connectivity index (χ0n) is 21.7. The zero-order valence-corrected chi connectivity index (χ0v) is 22.5. The monoisotopic (exact) mass is 532 g/mol. The molecular formula is C28H28N4O5S. The standard InChI is InChI=1S/C28H28N4O5S/c1-16-6-8-21(9-7-16)38-37-36-35-27-13-18(3)11-20-10-17(2)12-25(28(20)27)32-31-24-15-26(34-5)22(29)14-23(24)30-19(4)33/h6-15H,29H2,1-5H3,(H,30,33). The second kappa shape index (κ2) is 12.0. The fourth-order valence-corrected chi connectivity index (χ4v) is 4.21. The van der Waals surface area contributed by atoms with Crippen LogP contribution in [0.4, 0.5) is 22.7 Å². The van der Waals surface area contributed by atoms with Crippen molar-refractivity contribution in [2.45, 2.75) is 32.6 Å². The van der Waals surface area contributed by atoms with Crippen LogP contribution in [0, 0.1) is 20.8 Å². The lowest BCUT2D eigenvalue weighted by molar-refractivity contribution is -0.403. The third kappa shape index (κ3) is 6.60. The number of nitrogens with one attached hydrogen (secondary N) is 1. The van der Waals surface area contributed by atoms with Crippen LogP contribution < -0.4 is 20.7 Å². The third-order valence-corrected chi connectivity index (χ3v) is 6.10. The molecule has 10 heteroatoms. The van der Waals surface area contributed by atoms with E-state index >= 15 is 0 Å². The molecule has 0 bridgehead atoms. The number of carbonyl (C=O) groups excluding carboxylic acids is 1. The molecule has 0 saturated heterocycles. The van der Waals surface area contributed by atoms with Crippen LogP contribution in [0.1, 0.15) is 23.6 Å². The Labute approximate surface area is 225 Å². The van der Waals surface area contributed by atoms with Crippen LogP contribution in [0.25, 0.3) is 10.8 Å². The predicted molar refractivity (Wildman–Crippen MR) is 149 cm³/mol. The number of aryl methyl sites for hydroxylation is 3. The molecule has 0 aliphatic heterocycles. The molecular weight excluding hydrogens is 504 g/mol. The normalized spacial score (nSPS) is 11.2. The molecule has 4 rings (SSSR count). The van der Waals surface area contributed by atoms with Crippen LogP contribution in [0.2, 0.25) is 0 Å². The lowest BCUT2D eigenvalue weighted by atomic mass is 10.0. The molecule has 0 saturated carbocycles. The van der Waals surface area contributed by atoms with E-state index in [9.17, 15) is 4.79 Å². The van der Waals surface area contributed by atoms with Crippen molar-refractivity contribution in [3.8, 4) is 11.5 Å². The molecule has 0 spiro atoms. The number of fused-ring (bicyclic) bond motifs is 1. The van der Waals surface area contributed by atoms with Crippen LogP contribution in [-0.4, -0.2) is 13.0 Å². The van der Waals surface area contributed by atoms with Crippen molar-refractivity contribution in [1.29, 1.82) is 0 Å². The molecule has 0 aliphatic carbocycles. The number of nitrogens with zero attached hydrogens (tertiary/aromatic N) is 2. The summed E-state index contributed by atoms with van der Waals surface area (Å²) in [5.41, 5.74) is 10.8. The Morgan fingerprint density at radius 3 is 2.24 bits per heavy atom. The highest BCUT2D eigenvalue weighted by Gasteiger charge is 2.14. The van der Waals surface area contributed by atoms with E-state index in [2.05, 4.69) is 15.5 Å². The highest BCUT2D eigenvalue weighted by atomic mass is 32.2. The Kier molecular flexibility index (Phi) is 8.47. The summed E-state index contributed by atoms with van der Waals surface area (Å²) < 4.78 is 10.5. The van der Waals surface area contributed by atoms with Crippen LogP contribution >= 0.6 is 12.0 Å². The van der Waals surface area contributed by atoms with Gasteiger partial charge in [0.25, 0.3) is 0 Å². The maximum atomic E-state index is 11.7. The molecule has 1 amide bonds. The number of amides is 1. The van der Waals surface area contributed by atoms with Crippen LogP contribution in [-0.2, 0) is 14.2 Å². The van der Waals surface area contributed by atoms with Gasteiger partial charge in [0.15, 0.2) is 5.75 Å².